The third-order valence-corrected chi connectivity index (χ3v) is 1.71. The average molecular weight is 152 g/mol. The van der Waals surface area contributed by atoms with Crippen molar-refractivity contribution < 1.29 is 0 Å². The number of rotatable bonds is 1. The number of hydrogen-bond donors (Lipinski definition) is 1. The molecule has 0 fully saturated rings. The van der Waals surface area contributed by atoms with Gasteiger partial charge in [-0.2, -0.15) is 11.4 Å². The molecule has 0 saturated heterocycles. The Balaban J connectivity index is 3.18. The smallest absolute Gasteiger partial charge is 0.0883 e. The van der Waals surface area contributed by atoms with E-state index in [-0.39, 0.29) is 0 Å². The van der Waals surface area contributed by atoms with Crippen LogP contribution in [0, 0.1) is 13.8 Å². The Morgan fingerprint density at radius 1 is 1.40 bits per heavy atom. The predicted octanol–water partition coefficient (Wildman–Crippen LogP) is 1.83. The Bertz CT molecular complexity index is 235. The van der Waals surface area contributed by atoms with Crippen molar-refractivity contribution in [2.45, 2.75) is 18.9 Å². The molecule has 0 aliphatic rings. The molecule has 0 amide bonds. The van der Waals surface area contributed by atoms with Crippen molar-refractivity contribution in [3.63, 3.8) is 0 Å². The summed E-state index contributed by atoms with van der Waals surface area (Å²) in [5, 5.41) is 0.942. The summed E-state index contributed by atoms with van der Waals surface area (Å²) in [6.45, 7) is 4.02. The van der Waals surface area contributed by atoms with Gasteiger partial charge in [0.05, 0.1) is 5.03 Å². The minimum Gasteiger partial charge on any atom is -0.248 e. The van der Waals surface area contributed by atoms with Gasteiger partial charge in [0, 0.05) is 5.69 Å². The second kappa shape index (κ2) is 2.97. The van der Waals surface area contributed by atoms with Crippen molar-refractivity contribution in [2.24, 2.45) is 0 Å². The lowest BCUT2D eigenvalue weighted by Gasteiger charge is -1.97. The van der Waals surface area contributed by atoms with E-state index in [1.807, 2.05) is 26.0 Å². The molecule has 0 atom stereocenters. The number of nitrogens with zero attached hydrogens (tertiary/aromatic N) is 1. The summed E-state index contributed by atoms with van der Waals surface area (Å²) in [7, 11) is 0. The van der Waals surface area contributed by atoms with E-state index in [0.717, 1.165) is 22.1 Å². The summed E-state index contributed by atoms with van der Waals surface area (Å²) in [6.07, 6.45) is 0. The summed E-state index contributed by atoms with van der Waals surface area (Å²) < 4.78 is 0. The quantitative estimate of drug-likeness (QED) is 0.478. The fraction of sp³-hybridized carbons (Fsp3) is 0.250. The van der Waals surface area contributed by atoms with E-state index in [9.17, 15) is 0 Å². The van der Waals surface area contributed by atoms with E-state index < -0.39 is 0 Å². The van der Waals surface area contributed by atoms with Gasteiger partial charge >= 0.3 is 0 Å². The molecule has 1 aromatic heterocycles. The Labute approximate surface area is 65.1 Å². The van der Waals surface area contributed by atoms with Gasteiger partial charge in [0.15, 0.2) is 0 Å². The van der Waals surface area contributed by atoms with Gasteiger partial charge in [-0.25, -0.2) is 4.98 Å². The van der Waals surface area contributed by atoms with Crippen LogP contribution >= 0.6 is 11.4 Å². The first-order valence-corrected chi connectivity index (χ1v) is 4.05. The highest BCUT2D eigenvalue weighted by Gasteiger charge is 1.90. The molecule has 0 aliphatic heterocycles. The Morgan fingerprint density at radius 2 is 2.10 bits per heavy atom. The molecule has 53 valence electrons. The SMILES string of the molecule is [CH]=[SH]c1cc(C)cc(C)n1. The van der Waals surface area contributed by atoms with Crippen molar-refractivity contribution in [2.75, 3.05) is 0 Å². The van der Waals surface area contributed by atoms with E-state index in [2.05, 4.69) is 4.98 Å². The zero-order valence-electron chi connectivity index (χ0n) is 6.13. The highest BCUT2D eigenvalue weighted by Crippen LogP contribution is 2.09. The maximum atomic E-state index is 5.40. The molecule has 1 radical (unpaired) electrons. The predicted molar refractivity (Wildman–Crippen MR) is 47.0 cm³/mol. The van der Waals surface area contributed by atoms with Gasteiger partial charge in [-0.05, 0) is 37.4 Å². The van der Waals surface area contributed by atoms with Crippen molar-refractivity contribution in [3.8, 4) is 0 Å². The second-order valence-corrected chi connectivity index (χ2v) is 2.99. The zero-order chi connectivity index (χ0) is 7.56. The molecular formula is C8H10NS. The number of aryl methyl sites for hydroxylation is 2. The minimum atomic E-state index is 0.749. The second-order valence-electron chi connectivity index (χ2n) is 2.27. The van der Waals surface area contributed by atoms with Crippen LogP contribution in [0.15, 0.2) is 17.2 Å². The van der Waals surface area contributed by atoms with E-state index in [0.29, 0.717) is 0 Å². The summed E-state index contributed by atoms with van der Waals surface area (Å²) in [4.78, 5) is 4.22. The molecule has 0 bridgehead atoms. The van der Waals surface area contributed by atoms with Crippen LogP contribution in [0.5, 0.6) is 0 Å². The number of pyridine rings is 1. The average Bonchev–Trinajstić information content (AvgIpc) is 1.85. The van der Waals surface area contributed by atoms with Gasteiger partial charge in [-0.1, -0.05) is 0 Å². The van der Waals surface area contributed by atoms with Crippen LogP contribution < -0.4 is 0 Å². The van der Waals surface area contributed by atoms with Crippen molar-refractivity contribution in [3.05, 3.63) is 23.4 Å². The molecular weight excluding hydrogens is 142 g/mol. The molecule has 1 rings (SSSR count). The first-order chi connectivity index (χ1) is 4.72. The van der Waals surface area contributed by atoms with Crippen LogP contribution in [0.3, 0.4) is 0 Å². The first kappa shape index (κ1) is 7.48. The van der Waals surface area contributed by atoms with Crippen LogP contribution in [0.1, 0.15) is 11.3 Å². The zero-order valence-corrected chi connectivity index (χ0v) is 7.02. The van der Waals surface area contributed by atoms with Crippen molar-refractivity contribution >= 4 is 17.2 Å². The van der Waals surface area contributed by atoms with E-state index in [4.69, 9.17) is 5.87 Å². The van der Waals surface area contributed by atoms with Crippen LogP contribution in [-0.4, -0.2) is 10.9 Å². The third-order valence-electron chi connectivity index (χ3n) is 1.22. The van der Waals surface area contributed by atoms with Gasteiger partial charge in [0.1, 0.15) is 0 Å². The van der Waals surface area contributed by atoms with Gasteiger partial charge in [0.25, 0.3) is 0 Å². The lowest BCUT2D eigenvalue weighted by Crippen LogP contribution is -1.83. The molecule has 0 spiro atoms. The third kappa shape index (κ3) is 1.67. The maximum Gasteiger partial charge on any atom is 0.0883 e. The molecule has 0 unspecified atom stereocenters. The lowest BCUT2D eigenvalue weighted by molar-refractivity contribution is 1.05. The molecule has 0 saturated carbocycles. The highest BCUT2D eigenvalue weighted by atomic mass is 32.1. The maximum absolute atomic E-state index is 5.40. The van der Waals surface area contributed by atoms with E-state index in [1.54, 1.807) is 0 Å². The van der Waals surface area contributed by atoms with Crippen molar-refractivity contribution in [1.82, 2.24) is 4.98 Å². The fourth-order valence-corrected chi connectivity index (χ4v) is 1.38. The van der Waals surface area contributed by atoms with E-state index >= 15 is 0 Å². The summed E-state index contributed by atoms with van der Waals surface area (Å²) in [6, 6.07) is 4.03. The molecule has 1 nitrogen and oxygen atoms in total. The van der Waals surface area contributed by atoms with Gasteiger partial charge in [0.2, 0.25) is 0 Å². The van der Waals surface area contributed by atoms with Gasteiger partial charge < -0.3 is 0 Å². The number of aromatic nitrogens is 1. The largest absolute Gasteiger partial charge is 0.248 e. The Hall–Kier alpha value is -0.630. The van der Waals surface area contributed by atoms with Crippen LogP contribution in [0.25, 0.3) is 0 Å². The van der Waals surface area contributed by atoms with Crippen LogP contribution in [-0.2, 0) is 0 Å². The monoisotopic (exact) mass is 152 g/mol. The highest BCUT2D eigenvalue weighted by molar-refractivity contribution is 7.96. The molecule has 2 heteroatoms. The molecule has 0 aliphatic carbocycles. The van der Waals surface area contributed by atoms with Gasteiger partial charge in [-0.3, -0.25) is 0 Å². The lowest BCUT2D eigenvalue weighted by atomic mass is 10.3. The summed E-state index contributed by atoms with van der Waals surface area (Å²) in [5.41, 5.74) is 2.26. The van der Waals surface area contributed by atoms with Crippen LogP contribution in [0.4, 0.5) is 0 Å². The topological polar surface area (TPSA) is 12.9 Å². The number of thiol groups is 1. The van der Waals surface area contributed by atoms with Crippen molar-refractivity contribution in [1.29, 1.82) is 0 Å². The number of hydrogen-bond acceptors (Lipinski definition) is 1. The normalized spacial score (nSPS) is 9.80. The molecule has 0 N–H and O–H groups in total. The van der Waals surface area contributed by atoms with E-state index in [1.165, 1.54) is 5.56 Å². The molecule has 1 aromatic rings. The molecule has 1 heterocycles. The summed E-state index contributed by atoms with van der Waals surface area (Å²) in [5.74, 6) is 5.40. The minimum absolute atomic E-state index is 0.749. The standard InChI is InChI=1S/C8H10NS/c1-6-4-7(2)9-8(5-6)10-3/h3-5,10H,1-2H3. The molecule has 0 aromatic carbocycles. The Morgan fingerprint density at radius 3 is 2.60 bits per heavy atom. The fourth-order valence-electron chi connectivity index (χ4n) is 0.886. The van der Waals surface area contributed by atoms with Crippen LogP contribution in [0.2, 0.25) is 0 Å². The summed E-state index contributed by atoms with van der Waals surface area (Å²) >= 11 is 0.749. The first-order valence-electron chi connectivity index (χ1n) is 3.08. The Kier molecular flexibility index (Phi) is 2.22. The molecule has 10 heavy (non-hydrogen) atoms. The van der Waals surface area contributed by atoms with Gasteiger partial charge in [-0.15, -0.1) is 0 Å².